The van der Waals surface area contributed by atoms with Crippen LogP contribution in [0.1, 0.15) is 30.6 Å². The fourth-order valence-corrected chi connectivity index (χ4v) is 7.05. The zero-order valence-electron chi connectivity index (χ0n) is 17.0. The summed E-state index contributed by atoms with van der Waals surface area (Å²) in [6.45, 7) is 4.33. The smallest absolute Gasteiger partial charge is 0.223 e. The summed E-state index contributed by atoms with van der Waals surface area (Å²) in [6.07, 6.45) is 4.33. The van der Waals surface area contributed by atoms with Crippen LogP contribution in [0.5, 0.6) is 0 Å². The summed E-state index contributed by atoms with van der Waals surface area (Å²) in [6, 6.07) is 11.9. The Morgan fingerprint density at radius 3 is 2.82 bits per heavy atom. The van der Waals surface area contributed by atoms with Crippen molar-refractivity contribution in [3.8, 4) is 0 Å². The third-order valence-corrected chi connectivity index (χ3v) is 8.08. The van der Waals surface area contributed by atoms with Gasteiger partial charge < -0.3 is 9.80 Å². The molecular weight excluding hydrogens is 366 g/mol. The number of carbonyl (C=O) groups is 1. The molecule has 28 heavy (non-hydrogen) atoms. The molecule has 150 valence electrons. The zero-order chi connectivity index (χ0) is 19.3. The molecule has 0 saturated carbocycles. The van der Waals surface area contributed by atoms with Gasteiger partial charge in [0, 0.05) is 54.3 Å². The highest BCUT2D eigenvalue weighted by atomic mass is 32.1. The molecule has 2 aromatic rings. The average Bonchev–Trinajstić information content (AvgIpc) is 3.07. The molecule has 0 unspecified atom stereocenters. The van der Waals surface area contributed by atoms with Gasteiger partial charge in [0.05, 0.1) is 0 Å². The van der Waals surface area contributed by atoms with E-state index in [-0.39, 0.29) is 0 Å². The van der Waals surface area contributed by atoms with Crippen LogP contribution >= 0.6 is 11.3 Å². The topological polar surface area (TPSA) is 26.8 Å². The second kappa shape index (κ2) is 7.43. The molecule has 5 rings (SSSR count). The molecule has 3 fully saturated rings. The van der Waals surface area contributed by atoms with Crippen molar-refractivity contribution in [3.05, 3.63) is 35.2 Å². The number of amides is 1. The fraction of sp³-hybridized carbons (Fsp3) is 0.609. The maximum Gasteiger partial charge on any atom is 0.223 e. The lowest BCUT2D eigenvalue weighted by Gasteiger charge is -2.57. The predicted octanol–water partition coefficient (Wildman–Crippen LogP) is 3.66. The molecule has 0 spiro atoms. The SMILES string of the molecule is CN(C)C[C@H]1[C@H]2C[C@H](CN(Cc3cc4ccccc4s3)C2)[C@@H]2CCCC(=O)N21. The Morgan fingerprint density at radius 1 is 1.18 bits per heavy atom. The molecule has 3 saturated heterocycles. The number of nitrogens with zero attached hydrogens (tertiary/aromatic N) is 3. The van der Waals surface area contributed by atoms with Crippen LogP contribution in [-0.4, -0.2) is 66.4 Å². The zero-order valence-corrected chi connectivity index (χ0v) is 17.8. The summed E-state index contributed by atoms with van der Waals surface area (Å²) in [5.41, 5.74) is 0. The van der Waals surface area contributed by atoms with Gasteiger partial charge in [-0.05, 0) is 62.7 Å². The monoisotopic (exact) mass is 397 g/mol. The highest BCUT2D eigenvalue weighted by Crippen LogP contribution is 2.42. The molecule has 4 heterocycles. The van der Waals surface area contributed by atoms with E-state index in [0.717, 1.165) is 39.0 Å². The van der Waals surface area contributed by atoms with Crippen molar-refractivity contribution in [2.45, 2.75) is 44.3 Å². The van der Waals surface area contributed by atoms with Gasteiger partial charge >= 0.3 is 0 Å². The summed E-state index contributed by atoms with van der Waals surface area (Å²) in [4.78, 5) is 21.6. The molecule has 1 aromatic heterocycles. The Balaban J connectivity index is 1.38. The van der Waals surface area contributed by atoms with Crippen molar-refractivity contribution in [2.24, 2.45) is 11.8 Å². The Hall–Kier alpha value is -1.43. The van der Waals surface area contributed by atoms with Gasteiger partial charge in [-0.15, -0.1) is 11.3 Å². The van der Waals surface area contributed by atoms with Crippen molar-refractivity contribution in [3.63, 3.8) is 0 Å². The van der Waals surface area contributed by atoms with Gasteiger partial charge in [-0.25, -0.2) is 0 Å². The number of benzene rings is 1. The second-order valence-corrected chi connectivity index (χ2v) is 10.5. The third-order valence-electron chi connectivity index (χ3n) is 6.98. The normalized spacial score (nSPS) is 30.8. The van der Waals surface area contributed by atoms with Crippen molar-refractivity contribution in [2.75, 3.05) is 33.7 Å². The minimum Gasteiger partial charge on any atom is -0.335 e. The van der Waals surface area contributed by atoms with Crippen LogP contribution in [-0.2, 0) is 11.3 Å². The highest BCUT2D eigenvalue weighted by molar-refractivity contribution is 7.19. The van der Waals surface area contributed by atoms with Gasteiger partial charge in [0.2, 0.25) is 5.91 Å². The van der Waals surface area contributed by atoms with Crippen LogP contribution in [0.2, 0.25) is 0 Å². The molecular formula is C23H31N3OS. The number of piperidine rings is 3. The Bertz CT molecular complexity index is 829. The van der Waals surface area contributed by atoms with Gasteiger partial charge in [-0.1, -0.05) is 18.2 Å². The summed E-state index contributed by atoms with van der Waals surface area (Å²) in [7, 11) is 4.29. The maximum atomic E-state index is 12.8. The second-order valence-electron chi connectivity index (χ2n) is 9.29. The molecule has 4 atom stereocenters. The predicted molar refractivity (Wildman–Crippen MR) is 116 cm³/mol. The van der Waals surface area contributed by atoms with Crippen LogP contribution in [0.25, 0.3) is 10.1 Å². The maximum absolute atomic E-state index is 12.8. The van der Waals surface area contributed by atoms with E-state index in [4.69, 9.17) is 0 Å². The van der Waals surface area contributed by atoms with Gasteiger partial charge in [-0.2, -0.15) is 0 Å². The van der Waals surface area contributed by atoms with Crippen molar-refractivity contribution < 1.29 is 4.79 Å². The standard InChI is InChI=1S/C23H31N3OS/c1-24(2)15-21-18-10-17(20-7-5-9-23(27)26(20)21)12-25(13-18)14-19-11-16-6-3-4-8-22(16)28-19/h3-4,6,8,11,17-18,20-21H,5,7,9-10,12-15H2,1-2H3/t17-,18+,20+,21+/m1/s1. The molecule has 2 bridgehead atoms. The molecule has 1 aromatic carbocycles. The molecule has 5 heteroatoms. The lowest BCUT2D eigenvalue weighted by Crippen LogP contribution is -2.66. The lowest BCUT2D eigenvalue weighted by atomic mass is 9.72. The summed E-state index contributed by atoms with van der Waals surface area (Å²) < 4.78 is 1.39. The number of likely N-dealkylation sites (N-methyl/N-ethyl adjacent to an activating group) is 1. The van der Waals surface area contributed by atoms with Crippen LogP contribution < -0.4 is 0 Å². The average molecular weight is 398 g/mol. The third kappa shape index (κ3) is 3.38. The molecule has 4 nitrogen and oxygen atoms in total. The van der Waals surface area contributed by atoms with Crippen LogP contribution in [0, 0.1) is 11.8 Å². The molecule has 0 radical (unpaired) electrons. The van der Waals surface area contributed by atoms with Crippen molar-refractivity contribution in [1.82, 2.24) is 14.7 Å². The Kier molecular flexibility index (Phi) is 4.93. The molecule has 3 aliphatic rings. The number of fused-ring (bicyclic) bond motifs is 5. The van der Waals surface area contributed by atoms with E-state index in [1.54, 1.807) is 0 Å². The van der Waals surface area contributed by atoms with Gasteiger partial charge in [-0.3, -0.25) is 9.69 Å². The van der Waals surface area contributed by atoms with E-state index >= 15 is 0 Å². The molecule has 3 aliphatic heterocycles. The van der Waals surface area contributed by atoms with E-state index in [9.17, 15) is 4.79 Å². The van der Waals surface area contributed by atoms with Crippen molar-refractivity contribution in [1.29, 1.82) is 0 Å². The largest absolute Gasteiger partial charge is 0.335 e. The van der Waals surface area contributed by atoms with Gasteiger partial charge in [0.25, 0.3) is 0 Å². The van der Waals surface area contributed by atoms with E-state index < -0.39 is 0 Å². The summed E-state index contributed by atoms with van der Waals surface area (Å²) in [5, 5.41) is 1.37. The van der Waals surface area contributed by atoms with E-state index in [2.05, 4.69) is 59.1 Å². The first-order chi connectivity index (χ1) is 13.6. The first-order valence-electron chi connectivity index (χ1n) is 10.7. The first kappa shape index (κ1) is 18.6. The Labute approximate surface area is 172 Å². The fourth-order valence-electron chi connectivity index (χ4n) is 5.95. The lowest BCUT2D eigenvalue weighted by molar-refractivity contribution is -0.153. The highest BCUT2D eigenvalue weighted by Gasteiger charge is 2.49. The number of hydrogen-bond donors (Lipinski definition) is 0. The number of thiophene rings is 1. The first-order valence-corrected chi connectivity index (χ1v) is 11.6. The van der Waals surface area contributed by atoms with Gasteiger partial charge in [0.15, 0.2) is 0 Å². The van der Waals surface area contributed by atoms with E-state index in [1.165, 1.54) is 27.8 Å². The van der Waals surface area contributed by atoms with E-state index in [1.807, 2.05) is 11.3 Å². The van der Waals surface area contributed by atoms with E-state index in [0.29, 0.717) is 29.8 Å². The quantitative estimate of drug-likeness (QED) is 0.788. The molecule has 0 N–H and O–H groups in total. The van der Waals surface area contributed by atoms with Crippen molar-refractivity contribution >= 4 is 27.3 Å². The number of hydrogen-bond acceptors (Lipinski definition) is 4. The van der Waals surface area contributed by atoms with Gasteiger partial charge in [0.1, 0.15) is 0 Å². The number of likely N-dealkylation sites (tertiary alicyclic amines) is 1. The summed E-state index contributed by atoms with van der Waals surface area (Å²) in [5.74, 6) is 1.67. The molecule has 0 aliphatic carbocycles. The Morgan fingerprint density at radius 2 is 2.00 bits per heavy atom. The van der Waals surface area contributed by atoms with Crippen LogP contribution in [0.15, 0.2) is 30.3 Å². The summed E-state index contributed by atoms with van der Waals surface area (Å²) >= 11 is 1.94. The van der Waals surface area contributed by atoms with Crippen LogP contribution in [0.4, 0.5) is 0 Å². The minimum absolute atomic E-state index is 0.384. The van der Waals surface area contributed by atoms with Crippen LogP contribution in [0.3, 0.4) is 0 Å². The number of carbonyl (C=O) groups excluding carboxylic acids is 1. The molecule has 1 amide bonds. The number of rotatable bonds is 4. The minimum atomic E-state index is 0.384.